The van der Waals surface area contributed by atoms with Crippen LogP contribution in [0.3, 0.4) is 0 Å². The van der Waals surface area contributed by atoms with Crippen molar-refractivity contribution in [3.8, 4) is 33.8 Å². The molecule has 3 aromatic carbocycles. The van der Waals surface area contributed by atoms with Gasteiger partial charge in [0.2, 0.25) is 0 Å². The Labute approximate surface area is 284 Å². The molecule has 0 amide bonds. The molecule has 8 nitrogen and oxygen atoms in total. The summed E-state index contributed by atoms with van der Waals surface area (Å²) in [6.45, 7) is 9.64. The van der Waals surface area contributed by atoms with E-state index in [1.54, 1.807) is 12.1 Å². The Morgan fingerprint density at radius 3 is 1.88 bits per heavy atom. The van der Waals surface area contributed by atoms with Crippen LogP contribution < -0.4 is 9.47 Å². The zero-order valence-corrected chi connectivity index (χ0v) is 27.9. The minimum absolute atomic E-state index is 0.00787. The Bertz CT molecular complexity index is 1610. The second kappa shape index (κ2) is 18.8. The number of aliphatic hydroxyl groups is 2. The van der Waals surface area contributed by atoms with Crippen LogP contribution in [0.1, 0.15) is 42.9 Å². The lowest BCUT2D eigenvalue weighted by molar-refractivity contribution is -0.141. The first-order chi connectivity index (χ1) is 23.4. The zero-order valence-electron chi connectivity index (χ0n) is 27.9. The maximum atomic E-state index is 12.5. The van der Waals surface area contributed by atoms with Gasteiger partial charge in [-0.3, -0.25) is 0 Å². The molecule has 0 aliphatic rings. The number of benzene rings is 3. The van der Waals surface area contributed by atoms with Gasteiger partial charge in [-0.2, -0.15) is 13.2 Å². The number of hydrogen-bond acceptors (Lipinski definition) is 8. The van der Waals surface area contributed by atoms with E-state index in [1.807, 2.05) is 43.3 Å². The molecule has 0 spiro atoms. The average Bonchev–Trinajstić information content (AvgIpc) is 3.09. The Kier molecular flexibility index (Phi) is 14.9. The normalized spacial score (nSPS) is 11.2. The molecule has 3 aromatic rings. The molecule has 0 aliphatic carbocycles. The Hall–Kier alpha value is -4.61. The fraction of sp³-hybridized carbons (Fsp3) is 0.368. The van der Waals surface area contributed by atoms with E-state index in [4.69, 9.17) is 29.2 Å². The third-order valence-corrected chi connectivity index (χ3v) is 7.63. The van der Waals surface area contributed by atoms with Crippen LogP contribution in [-0.2, 0) is 31.9 Å². The van der Waals surface area contributed by atoms with Crippen molar-refractivity contribution in [1.29, 1.82) is 0 Å². The van der Waals surface area contributed by atoms with Crippen molar-refractivity contribution in [2.75, 3.05) is 39.6 Å². The summed E-state index contributed by atoms with van der Waals surface area (Å²) in [4.78, 5) is 23.6. The third-order valence-electron chi connectivity index (χ3n) is 7.63. The highest BCUT2D eigenvalue weighted by molar-refractivity contribution is 5.88. The van der Waals surface area contributed by atoms with Crippen molar-refractivity contribution in [2.24, 2.45) is 0 Å². The Morgan fingerprint density at radius 2 is 1.31 bits per heavy atom. The van der Waals surface area contributed by atoms with E-state index < -0.39 is 37.7 Å². The topological polar surface area (TPSA) is 112 Å². The lowest BCUT2D eigenvalue weighted by Crippen LogP contribution is -2.16. The van der Waals surface area contributed by atoms with Crippen molar-refractivity contribution in [1.82, 2.24) is 0 Å². The first-order valence-corrected chi connectivity index (χ1v) is 16.0. The molecule has 0 aromatic heterocycles. The molecule has 0 saturated carbocycles. The monoisotopic (exact) mass is 684 g/mol. The van der Waals surface area contributed by atoms with Crippen molar-refractivity contribution >= 4 is 11.9 Å². The van der Waals surface area contributed by atoms with Gasteiger partial charge in [0.1, 0.15) is 26.4 Å². The smallest absolute Gasteiger partial charge is 0.389 e. The molecular formula is C38H43F3O8. The number of aliphatic hydroxyl groups excluding tert-OH is 2. The number of alkyl halides is 3. The molecule has 0 bridgehead atoms. The first-order valence-electron chi connectivity index (χ1n) is 16.0. The Balaban J connectivity index is 1.80. The maximum Gasteiger partial charge on any atom is 0.389 e. The molecule has 2 N–H and O–H groups in total. The van der Waals surface area contributed by atoms with Gasteiger partial charge in [0.15, 0.2) is 11.5 Å². The molecule has 0 radical (unpaired) electrons. The number of carbonyl (C=O) groups is 2. The molecule has 264 valence electrons. The van der Waals surface area contributed by atoms with Crippen LogP contribution in [-0.4, -0.2) is 68.0 Å². The summed E-state index contributed by atoms with van der Waals surface area (Å²) in [5, 5.41) is 18.1. The molecule has 0 fully saturated rings. The van der Waals surface area contributed by atoms with E-state index in [1.165, 1.54) is 0 Å². The predicted octanol–water partition coefficient (Wildman–Crippen LogP) is 7.11. The van der Waals surface area contributed by atoms with Gasteiger partial charge in [-0.05, 0) is 83.7 Å². The lowest BCUT2D eigenvalue weighted by atomic mass is 9.91. The third kappa shape index (κ3) is 12.1. The second-order valence-corrected chi connectivity index (χ2v) is 11.4. The van der Waals surface area contributed by atoms with Crippen LogP contribution in [0.4, 0.5) is 13.2 Å². The number of carbonyl (C=O) groups excluding carboxylic acids is 2. The molecule has 0 saturated heterocycles. The van der Waals surface area contributed by atoms with E-state index in [2.05, 4.69) is 26.1 Å². The summed E-state index contributed by atoms with van der Waals surface area (Å²) in [7, 11) is 0. The molecule has 0 aliphatic heterocycles. The van der Waals surface area contributed by atoms with Gasteiger partial charge >= 0.3 is 18.1 Å². The van der Waals surface area contributed by atoms with Gasteiger partial charge in [-0.15, -0.1) is 0 Å². The molecule has 0 heterocycles. The van der Waals surface area contributed by atoms with Gasteiger partial charge in [-0.1, -0.05) is 62.5 Å². The summed E-state index contributed by atoms with van der Waals surface area (Å²) in [5.41, 5.74) is 6.82. The van der Waals surface area contributed by atoms with Gasteiger partial charge in [0.25, 0.3) is 0 Å². The minimum atomic E-state index is -4.13. The average molecular weight is 685 g/mol. The highest BCUT2D eigenvalue weighted by Gasteiger charge is 2.25. The van der Waals surface area contributed by atoms with Crippen LogP contribution in [0.2, 0.25) is 0 Å². The first kappa shape index (κ1) is 38.8. The number of halogens is 3. The largest absolute Gasteiger partial charge is 0.486 e. The quantitative estimate of drug-likeness (QED) is 0.0781. The minimum Gasteiger partial charge on any atom is -0.486 e. The number of unbranched alkanes of at least 4 members (excludes halogenated alkanes) is 1. The van der Waals surface area contributed by atoms with Gasteiger partial charge in [0, 0.05) is 6.42 Å². The SMILES string of the molecule is C=C(CO)C(=O)OCCOc1ccc(-c2ccc(-c3ccc(CCCCC(F)(F)F)cc3C)cc2CC)cc1OCCOC(=O)C(=C)CO. The highest BCUT2D eigenvalue weighted by atomic mass is 19.4. The fourth-order valence-electron chi connectivity index (χ4n) is 5.01. The molecule has 0 atom stereocenters. The Morgan fingerprint density at radius 1 is 0.735 bits per heavy atom. The van der Waals surface area contributed by atoms with E-state index in [0.717, 1.165) is 45.4 Å². The van der Waals surface area contributed by atoms with E-state index >= 15 is 0 Å². The van der Waals surface area contributed by atoms with Crippen molar-refractivity contribution in [3.63, 3.8) is 0 Å². The van der Waals surface area contributed by atoms with Crippen LogP contribution in [0, 0.1) is 6.92 Å². The van der Waals surface area contributed by atoms with E-state index in [9.17, 15) is 22.8 Å². The van der Waals surface area contributed by atoms with Crippen LogP contribution in [0.15, 0.2) is 78.9 Å². The van der Waals surface area contributed by atoms with Crippen molar-refractivity contribution in [3.05, 3.63) is 95.6 Å². The number of aryl methyl sites for hydroxylation is 3. The fourth-order valence-corrected chi connectivity index (χ4v) is 5.01. The second-order valence-electron chi connectivity index (χ2n) is 11.4. The predicted molar refractivity (Wildman–Crippen MR) is 180 cm³/mol. The van der Waals surface area contributed by atoms with Crippen LogP contribution in [0.25, 0.3) is 22.3 Å². The number of ether oxygens (including phenoxy) is 4. The van der Waals surface area contributed by atoms with E-state index in [0.29, 0.717) is 24.3 Å². The summed E-state index contributed by atoms with van der Waals surface area (Å²) in [6, 6.07) is 17.6. The summed E-state index contributed by atoms with van der Waals surface area (Å²) >= 11 is 0. The van der Waals surface area contributed by atoms with Crippen LogP contribution >= 0.6 is 0 Å². The standard InChI is InChI=1S/C38H43F3O8/c1-5-29-21-30(32-12-9-28(20-25(32)2)8-6-7-15-38(39,40)41)10-13-33(29)31-11-14-34(46-16-18-48-36(44)26(3)23-42)35(22-31)47-17-19-49-37(45)27(4)24-43/h9-14,20-22,42-43H,3-8,15-19,23-24H2,1-2H3. The highest BCUT2D eigenvalue weighted by Crippen LogP contribution is 2.36. The van der Waals surface area contributed by atoms with Crippen molar-refractivity contribution < 1.29 is 51.9 Å². The van der Waals surface area contributed by atoms with Gasteiger partial charge in [0.05, 0.1) is 24.4 Å². The van der Waals surface area contributed by atoms with E-state index in [-0.39, 0.29) is 44.0 Å². The summed E-state index contributed by atoms with van der Waals surface area (Å²) in [5.74, 6) is -0.754. The number of esters is 2. The molecule has 0 unspecified atom stereocenters. The number of rotatable bonds is 19. The van der Waals surface area contributed by atoms with Crippen molar-refractivity contribution in [2.45, 2.75) is 52.1 Å². The summed E-state index contributed by atoms with van der Waals surface area (Å²) in [6.07, 6.45) is -3.00. The lowest BCUT2D eigenvalue weighted by Gasteiger charge is -2.17. The number of hydrogen-bond donors (Lipinski definition) is 2. The summed E-state index contributed by atoms with van der Waals surface area (Å²) < 4.78 is 59.4. The molecule has 11 heteroatoms. The molecule has 49 heavy (non-hydrogen) atoms. The van der Waals surface area contributed by atoms with Crippen LogP contribution in [0.5, 0.6) is 11.5 Å². The van der Waals surface area contributed by atoms with Gasteiger partial charge in [-0.25, -0.2) is 9.59 Å². The maximum absolute atomic E-state index is 12.5. The zero-order chi connectivity index (χ0) is 36.0. The van der Waals surface area contributed by atoms with Gasteiger partial charge < -0.3 is 29.2 Å². The molecular weight excluding hydrogens is 641 g/mol. The molecule has 3 rings (SSSR count).